The number of hydrogen-bond donors (Lipinski definition) is 2. The van der Waals surface area contributed by atoms with Gasteiger partial charge in [0, 0.05) is 16.4 Å². The van der Waals surface area contributed by atoms with Gasteiger partial charge in [-0.3, -0.25) is 0 Å². The molecule has 0 spiro atoms. The maximum absolute atomic E-state index is 9.40. The van der Waals surface area contributed by atoms with Crippen LogP contribution in [0.25, 0.3) is 0 Å². The first-order chi connectivity index (χ1) is 8.95. The van der Waals surface area contributed by atoms with Crippen LogP contribution in [-0.4, -0.2) is 25.4 Å². The van der Waals surface area contributed by atoms with Crippen molar-refractivity contribution < 1.29 is 9.84 Å². The first-order valence-corrected chi connectivity index (χ1v) is 7.43. The molecular weight excluding hydrogens is 306 g/mol. The third-order valence-corrected chi connectivity index (χ3v) is 5.49. The topological polar surface area (TPSA) is 41.5 Å². The van der Waals surface area contributed by atoms with Crippen molar-refractivity contribution in [2.75, 3.05) is 25.6 Å². The molecule has 3 nitrogen and oxygen atoms in total. The summed E-state index contributed by atoms with van der Waals surface area (Å²) in [7, 11) is 1.71. The molecule has 0 heterocycles. The first kappa shape index (κ1) is 14.7. The van der Waals surface area contributed by atoms with Crippen LogP contribution < -0.4 is 10.1 Å². The molecule has 0 bridgehead atoms. The van der Waals surface area contributed by atoms with Crippen molar-refractivity contribution >= 4 is 21.6 Å². The van der Waals surface area contributed by atoms with E-state index in [0.717, 1.165) is 46.4 Å². The van der Waals surface area contributed by atoms with E-state index in [0.29, 0.717) is 0 Å². The van der Waals surface area contributed by atoms with Gasteiger partial charge in [0.1, 0.15) is 5.75 Å². The van der Waals surface area contributed by atoms with E-state index >= 15 is 0 Å². The van der Waals surface area contributed by atoms with Crippen molar-refractivity contribution in [1.82, 2.24) is 0 Å². The van der Waals surface area contributed by atoms with Gasteiger partial charge in [-0.05, 0) is 50.3 Å². The average Bonchev–Trinajstić information content (AvgIpc) is 3.19. The van der Waals surface area contributed by atoms with Crippen molar-refractivity contribution in [1.29, 1.82) is 0 Å². The van der Waals surface area contributed by atoms with Crippen LogP contribution in [0.3, 0.4) is 0 Å². The summed E-state index contributed by atoms with van der Waals surface area (Å²) in [5.41, 5.74) is 4.65. The van der Waals surface area contributed by atoms with Crippen LogP contribution in [0, 0.1) is 26.2 Å². The van der Waals surface area contributed by atoms with Crippen molar-refractivity contribution in [3.63, 3.8) is 0 Å². The first-order valence-electron chi connectivity index (χ1n) is 6.64. The molecule has 0 unspecified atom stereocenters. The Hall–Kier alpha value is -0.740. The van der Waals surface area contributed by atoms with Crippen molar-refractivity contribution in [2.45, 2.75) is 33.6 Å². The number of aliphatic hydroxyl groups excluding tert-OH is 1. The molecular formula is C15H22BrNO2. The number of halogens is 1. The highest BCUT2D eigenvalue weighted by atomic mass is 79.9. The maximum atomic E-state index is 9.40. The Morgan fingerprint density at radius 2 is 1.84 bits per heavy atom. The molecule has 106 valence electrons. The van der Waals surface area contributed by atoms with Crippen LogP contribution >= 0.6 is 15.9 Å². The van der Waals surface area contributed by atoms with E-state index in [1.165, 1.54) is 5.56 Å². The zero-order valence-corrected chi connectivity index (χ0v) is 13.6. The Labute approximate surface area is 123 Å². The smallest absolute Gasteiger partial charge is 0.145 e. The van der Waals surface area contributed by atoms with Gasteiger partial charge in [-0.15, -0.1) is 0 Å². The fraction of sp³-hybridized carbons (Fsp3) is 0.600. The summed E-state index contributed by atoms with van der Waals surface area (Å²) in [6.45, 7) is 7.31. The monoisotopic (exact) mass is 327 g/mol. The molecule has 1 aliphatic rings. The Morgan fingerprint density at radius 1 is 1.21 bits per heavy atom. The molecule has 2 N–H and O–H groups in total. The summed E-state index contributed by atoms with van der Waals surface area (Å²) in [6.07, 6.45) is 2.20. The number of anilines is 1. The molecule has 1 saturated carbocycles. The lowest BCUT2D eigenvalue weighted by Crippen LogP contribution is -2.20. The number of hydrogen-bond acceptors (Lipinski definition) is 3. The molecule has 0 radical (unpaired) electrons. The number of aliphatic hydroxyl groups is 1. The lowest BCUT2D eigenvalue weighted by atomic mass is 10.0. The van der Waals surface area contributed by atoms with Crippen LogP contribution in [0.2, 0.25) is 0 Å². The summed E-state index contributed by atoms with van der Waals surface area (Å²) in [4.78, 5) is 0. The van der Waals surface area contributed by atoms with Crippen molar-refractivity contribution in [3.05, 3.63) is 21.2 Å². The highest BCUT2D eigenvalue weighted by molar-refractivity contribution is 9.10. The quantitative estimate of drug-likeness (QED) is 0.868. The average molecular weight is 328 g/mol. The molecule has 0 aliphatic heterocycles. The largest absolute Gasteiger partial charge is 0.494 e. The SMILES string of the molecule is COc1c(C)c(C)c(Br)c(C)c1NCC1(CO)CC1. The zero-order chi connectivity index (χ0) is 14.2. The number of methoxy groups -OCH3 is 1. The van der Waals surface area contributed by atoms with Crippen LogP contribution in [0.4, 0.5) is 5.69 Å². The van der Waals surface area contributed by atoms with E-state index in [2.05, 4.69) is 42.0 Å². The minimum absolute atomic E-state index is 0.0860. The lowest BCUT2D eigenvalue weighted by molar-refractivity contribution is 0.219. The maximum Gasteiger partial charge on any atom is 0.145 e. The highest BCUT2D eigenvalue weighted by Crippen LogP contribution is 2.46. The molecule has 0 amide bonds. The normalized spacial score (nSPS) is 16.3. The van der Waals surface area contributed by atoms with Crippen LogP contribution in [0.1, 0.15) is 29.5 Å². The van der Waals surface area contributed by atoms with Gasteiger partial charge >= 0.3 is 0 Å². The Bertz CT molecular complexity index is 496. The minimum Gasteiger partial charge on any atom is -0.494 e. The van der Waals surface area contributed by atoms with Gasteiger partial charge < -0.3 is 15.2 Å². The second kappa shape index (κ2) is 5.33. The van der Waals surface area contributed by atoms with Gasteiger partial charge in [0.05, 0.1) is 19.4 Å². The Balaban J connectivity index is 2.33. The van der Waals surface area contributed by atoms with E-state index in [1.54, 1.807) is 7.11 Å². The minimum atomic E-state index is 0.0860. The molecule has 1 aliphatic carbocycles. The molecule has 0 atom stereocenters. The molecule has 0 saturated heterocycles. The van der Waals surface area contributed by atoms with E-state index in [4.69, 9.17) is 4.74 Å². The number of ether oxygens (including phenoxy) is 1. The van der Waals surface area contributed by atoms with E-state index < -0.39 is 0 Å². The molecule has 1 fully saturated rings. The van der Waals surface area contributed by atoms with E-state index in [1.807, 2.05) is 0 Å². The highest BCUT2D eigenvalue weighted by Gasteiger charge is 2.42. The van der Waals surface area contributed by atoms with Crippen LogP contribution in [0.5, 0.6) is 5.75 Å². The number of benzene rings is 1. The molecule has 1 aromatic carbocycles. The van der Waals surface area contributed by atoms with Crippen molar-refractivity contribution in [3.8, 4) is 5.75 Å². The summed E-state index contributed by atoms with van der Waals surface area (Å²) in [5, 5.41) is 12.9. The number of rotatable bonds is 5. The second-order valence-electron chi connectivity index (χ2n) is 5.61. The van der Waals surface area contributed by atoms with Crippen LogP contribution in [0.15, 0.2) is 4.47 Å². The Kier molecular flexibility index (Phi) is 4.11. The standard InChI is InChI=1S/C15H22BrNO2/c1-9-10(2)14(19-4)13(11(3)12(9)16)17-7-15(8-18)5-6-15/h17-18H,5-8H2,1-4H3. The van der Waals surface area contributed by atoms with Gasteiger partial charge in [-0.25, -0.2) is 0 Å². The van der Waals surface area contributed by atoms with E-state index in [9.17, 15) is 5.11 Å². The number of nitrogens with one attached hydrogen (secondary N) is 1. The fourth-order valence-electron chi connectivity index (χ4n) is 2.40. The van der Waals surface area contributed by atoms with Gasteiger partial charge in [0.25, 0.3) is 0 Å². The Morgan fingerprint density at radius 3 is 2.32 bits per heavy atom. The van der Waals surface area contributed by atoms with Crippen LogP contribution in [-0.2, 0) is 0 Å². The van der Waals surface area contributed by atoms with Gasteiger partial charge in [-0.2, -0.15) is 0 Å². The molecule has 0 aromatic heterocycles. The summed E-state index contributed by atoms with van der Waals surface area (Å²) >= 11 is 3.65. The van der Waals surface area contributed by atoms with Gasteiger partial charge in [-0.1, -0.05) is 15.9 Å². The van der Waals surface area contributed by atoms with E-state index in [-0.39, 0.29) is 12.0 Å². The molecule has 19 heavy (non-hydrogen) atoms. The zero-order valence-electron chi connectivity index (χ0n) is 12.1. The predicted octanol–water partition coefficient (Wildman–Crippen LogP) is 3.57. The third kappa shape index (κ3) is 2.61. The van der Waals surface area contributed by atoms with Gasteiger partial charge in [0.2, 0.25) is 0 Å². The summed E-state index contributed by atoms with van der Waals surface area (Å²) in [5.74, 6) is 0.909. The molecule has 4 heteroatoms. The second-order valence-corrected chi connectivity index (χ2v) is 6.40. The lowest BCUT2D eigenvalue weighted by Gasteiger charge is -2.22. The third-order valence-electron chi connectivity index (χ3n) is 4.30. The summed E-state index contributed by atoms with van der Waals surface area (Å²) < 4.78 is 6.69. The fourth-order valence-corrected chi connectivity index (χ4v) is 2.89. The van der Waals surface area contributed by atoms with Crippen molar-refractivity contribution in [2.24, 2.45) is 5.41 Å². The molecule has 1 aromatic rings. The van der Waals surface area contributed by atoms with Gasteiger partial charge in [0.15, 0.2) is 0 Å². The summed E-state index contributed by atoms with van der Waals surface area (Å²) in [6, 6.07) is 0. The predicted molar refractivity (Wildman–Crippen MR) is 82.1 cm³/mol. The molecule has 2 rings (SSSR count).